The Morgan fingerprint density at radius 3 is 2.58 bits per heavy atom. The molecule has 0 heterocycles. The highest BCUT2D eigenvalue weighted by atomic mass is 79.9. The van der Waals surface area contributed by atoms with E-state index >= 15 is 0 Å². The highest BCUT2D eigenvalue weighted by Crippen LogP contribution is 2.32. The molecule has 2 aromatic rings. The van der Waals surface area contributed by atoms with Crippen LogP contribution in [0.5, 0.6) is 11.5 Å². The van der Waals surface area contributed by atoms with Crippen molar-refractivity contribution in [3.8, 4) is 11.5 Å². The lowest BCUT2D eigenvalue weighted by molar-refractivity contribution is 0.476. The molecule has 2 rings (SSSR count). The summed E-state index contributed by atoms with van der Waals surface area (Å²) >= 11 is 9.20. The summed E-state index contributed by atoms with van der Waals surface area (Å²) in [5.74, 6) is 0.463. The molecule has 1 atom stereocenters. The quantitative estimate of drug-likeness (QED) is 0.845. The molecule has 0 aliphatic carbocycles. The van der Waals surface area contributed by atoms with Crippen molar-refractivity contribution >= 4 is 27.5 Å². The number of hydrogen-bond donors (Lipinski definition) is 1. The molecule has 2 aromatic carbocycles. The van der Waals surface area contributed by atoms with Crippen molar-refractivity contribution < 1.29 is 9.13 Å². The molecule has 19 heavy (non-hydrogen) atoms. The molecule has 0 saturated carbocycles. The fourth-order valence-electron chi connectivity index (χ4n) is 1.55. The Labute approximate surface area is 124 Å². The first-order chi connectivity index (χ1) is 8.97. The minimum atomic E-state index is -0.388. The normalized spacial score (nSPS) is 12.3. The van der Waals surface area contributed by atoms with Crippen LogP contribution in [0.2, 0.25) is 5.02 Å². The summed E-state index contributed by atoms with van der Waals surface area (Å²) < 4.78 is 19.3. The van der Waals surface area contributed by atoms with Crippen LogP contribution in [0.15, 0.2) is 40.9 Å². The van der Waals surface area contributed by atoms with Gasteiger partial charge in [0.15, 0.2) is 0 Å². The van der Waals surface area contributed by atoms with Crippen LogP contribution in [0.1, 0.15) is 18.5 Å². The van der Waals surface area contributed by atoms with Crippen molar-refractivity contribution in [3.05, 3.63) is 57.3 Å². The van der Waals surface area contributed by atoms with Crippen molar-refractivity contribution in [2.45, 2.75) is 13.0 Å². The van der Waals surface area contributed by atoms with E-state index in [-0.39, 0.29) is 11.9 Å². The lowest BCUT2D eigenvalue weighted by Gasteiger charge is -2.11. The van der Waals surface area contributed by atoms with E-state index in [9.17, 15) is 4.39 Å². The van der Waals surface area contributed by atoms with Crippen LogP contribution in [0.3, 0.4) is 0 Å². The summed E-state index contributed by atoms with van der Waals surface area (Å²) in [7, 11) is 0. The van der Waals surface area contributed by atoms with Gasteiger partial charge >= 0.3 is 0 Å². The second kappa shape index (κ2) is 5.90. The van der Waals surface area contributed by atoms with Crippen molar-refractivity contribution in [2.75, 3.05) is 0 Å². The van der Waals surface area contributed by atoms with E-state index in [1.807, 2.05) is 13.0 Å². The fourth-order valence-corrected chi connectivity index (χ4v) is 2.02. The molecule has 0 radical (unpaired) electrons. The Morgan fingerprint density at radius 2 is 2.00 bits per heavy atom. The van der Waals surface area contributed by atoms with Crippen LogP contribution in [0.4, 0.5) is 4.39 Å². The van der Waals surface area contributed by atoms with Crippen molar-refractivity contribution in [3.63, 3.8) is 0 Å². The third-order valence-corrected chi connectivity index (χ3v) is 3.54. The number of nitrogens with two attached hydrogens (primary N) is 1. The van der Waals surface area contributed by atoms with Gasteiger partial charge in [-0.05, 0) is 52.7 Å². The number of halogens is 3. The van der Waals surface area contributed by atoms with Gasteiger partial charge in [0.1, 0.15) is 17.3 Å². The fraction of sp³-hybridized carbons (Fsp3) is 0.143. The molecule has 0 unspecified atom stereocenters. The highest BCUT2D eigenvalue weighted by molar-refractivity contribution is 9.10. The van der Waals surface area contributed by atoms with Gasteiger partial charge in [0.2, 0.25) is 0 Å². The Kier molecular flexibility index (Phi) is 4.45. The maximum atomic E-state index is 13.4. The molecular formula is C14H12BrClFNO. The van der Waals surface area contributed by atoms with Crippen LogP contribution in [-0.4, -0.2) is 0 Å². The van der Waals surface area contributed by atoms with Gasteiger partial charge in [0.25, 0.3) is 0 Å². The van der Waals surface area contributed by atoms with E-state index in [1.165, 1.54) is 6.07 Å². The van der Waals surface area contributed by atoms with E-state index < -0.39 is 0 Å². The number of rotatable bonds is 3. The van der Waals surface area contributed by atoms with Gasteiger partial charge < -0.3 is 10.5 Å². The second-order valence-electron chi connectivity index (χ2n) is 4.16. The van der Waals surface area contributed by atoms with E-state index in [0.717, 1.165) is 5.56 Å². The first-order valence-corrected chi connectivity index (χ1v) is 6.82. The summed E-state index contributed by atoms with van der Waals surface area (Å²) in [5.41, 5.74) is 6.68. The summed E-state index contributed by atoms with van der Waals surface area (Å²) in [6, 6.07) is 9.73. The zero-order valence-corrected chi connectivity index (χ0v) is 12.5. The zero-order chi connectivity index (χ0) is 14.0. The average molecular weight is 345 g/mol. The Morgan fingerprint density at radius 1 is 1.26 bits per heavy atom. The lowest BCUT2D eigenvalue weighted by atomic mass is 10.1. The Bertz CT molecular complexity index is 604. The SMILES string of the molecule is C[C@@H](N)c1ccc(Oc2ccc(Br)c(F)c2)c(Cl)c1. The van der Waals surface area contributed by atoms with Crippen molar-refractivity contribution in [1.29, 1.82) is 0 Å². The van der Waals surface area contributed by atoms with Crippen LogP contribution < -0.4 is 10.5 Å². The van der Waals surface area contributed by atoms with Gasteiger partial charge in [-0.25, -0.2) is 4.39 Å². The van der Waals surface area contributed by atoms with Crippen LogP contribution in [0, 0.1) is 5.82 Å². The second-order valence-corrected chi connectivity index (χ2v) is 5.42. The molecule has 0 bridgehead atoms. The molecule has 2 nitrogen and oxygen atoms in total. The maximum absolute atomic E-state index is 13.4. The zero-order valence-electron chi connectivity index (χ0n) is 10.2. The molecule has 2 N–H and O–H groups in total. The predicted molar refractivity (Wildman–Crippen MR) is 78.2 cm³/mol. The topological polar surface area (TPSA) is 35.2 Å². The van der Waals surface area contributed by atoms with Gasteiger partial charge in [-0.1, -0.05) is 17.7 Å². The van der Waals surface area contributed by atoms with E-state index in [0.29, 0.717) is 21.0 Å². The van der Waals surface area contributed by atoms with Gasteiger partial charge in [-0.15, -0.1) is 0 Å². The third kappa shape index (κ3) is 3.47. The monoisotopic (exact) mass is 343 g/mol. The van der Waals surface area contributed by atoms with Crippen LogP contribution >= 0.6 is 27.5 Å². The first-order valence-electron chi connectivity index (χ1n) is 5.65. The number of hydrogen-bond acceptors (Lipinski definition) is 2. The average Bonchev–Trinajstić information content (AvgIpc) is 2.36. The first kappa shape index (κ1) is 14.3. The summed E-state index contributed by atoms with van der Waals surface area (Å²) in [6.45, 7) is 1.87. The standard InChI is InChI=1S/C14H12BrClFNO/c1-8(18)9-2-5-14(12(16)6-9)19-10-3-4-11(15)13(17)7-10/h2-8H,18H2,1H3/t8-/m1/s1. The van der Waals surface area contributed by atoms with Gasteiger partial charge in [-0.3, -0.25) is 0 Å². The van der Waals surface area contributed by atoms with Gasteiger partial charge in [-0.2, -0.15) is 0 Å². The van der Waals surface area contributed by atoms with E-state index in [4.69, 9.17) is 22.1 Å². The predicted octanol–water partition coefficient (Wildman–Crippen LogP) is 5.05. The summed E-state index contributed by atoms with van der Waals surface area (Å²) in [5, 5.41) is 0.443. The smallest absolute Gasteiger partial charge is 0.146 e. The summed E-state index contributed by atoms with van der Waals surface area (Å²) in [4.78, 5) is 0. The minimum absolute atomic E-state index is 0.100. The van der Waals surface area contributed by atoms with Crippen molar-refractivity contribution in [2.24, 2.45) is 5.73 Å². The molecule has 0 aromatic heterocycles. The molecule has 0 fully saturated rings. The minimum Gasteiger partial charge on any atom is -0.456 e. The number of benzene rings is 2. The Balaban J connectivity index is 2.25. The molecule has 100 valence electrons. The summed E-state index contributed by atoms with van der Waals surface area (Å²) in [6.07, 6.45) is 0. The largest absolute Gasteiger partial charge is 0.456 e. The molecule has 5 heteroatoms. The van der Waals surface area contributed by atoms with Gasteiger partial charge in [0.05, 0.1) is 9.50 Å². The van der Waals surface area contributed by atoms with E-state index in [2.05, 4.69) is 15.9 Å². The molecular weight excluding hydrogens is 333 g/mol. The highest BCUT2D eigenvalue weighted by Gasteiger charge is 2.08. The van der Waals surface area contributed by atoms with Gasteiger partial charge in [0, 0.05) is 12.1 Å². The lowest BCUT2D eigenvalue weighted by Crippen LogP contribution is -2.04. The third-order valence-electron chi connectivity index (χ3n) is 2.60. The van der Waals surface area contributed by atoms with Crippen LogP contribution in [-0.2, 0) is 0 Å². The number of ether oxygens (including phenoxy) is 1. The van der Waals surface area contributed by atoms with Crippen molar-refractivity contribution in [1.82, 2.24) is 0 Å². The molecule has 0 saturated heterocycles. The molecule has 0 amide bonds. The van der Waals surface area contributed by atoms with Crippen LogP contribution in [0.25, 0.3) is 0 Å². The van der Waals surface area contributed by atoms with E-state index in [1.54, 1.807) is 24.3 Å². The maximum Gasteiger partial charge on any atom is 0.146 e. The molecule has 0 spiro atoms. The Hall–Kier alpha value is -1.10. The molecule has 0 aliphatic heterocycles. The molecule has 0 aliphatic rings.